The van der Waals surface area contributed by atoms with E-state index in [1.807, 2.05) is 0 Å². The first-order valence-electron chi connectivity index (χ1n) is 2.54. The number of carbonyl (C=O) groups is 1. The van der Waals surface area contributed by atoms with Gasteiger partial charge >= 0.3 is 0 Å². The molecule has 1 aliphatic carbocycles. The van der Waals surface area contributed by atoms with Crippen molar-refractivity contribution in [2.24, 2.45) is 11.7 Å². The van der Waals surface area contributed by atoms with Gasteiger partial charge in [-0.05, 0) is 6.42 Å². The van der Waals surface area contributed by atoms with Crippen molar-refractivity contribution in [2.45, 2.75) is 10.8 Å². The number of hydrogen-bond acceptors (Lipinski definition) is 1. The molecule has 0 aromatic carbocycles. The van der Waals surface area contributed by atoms with Gasteiger partial charge in [0.2, 0.25) is 5.91 Å². The van der Waals surface area contributed by atoms with Crippen molar-refractivity contribution in [2.75, 3.05) is 0 Å². The van der Waals surface area contributed by atoms with Crippen molar-refractivity contribution in [1.29, 1.82) is 0 Å². The smallest absolute Gasteiger partial charge is 0.221 e. The second-order valence-corrected chi connectivity index (χ2v) is 3.68. The van der Waals surface area contributed by atoms with Crippen molar-refractivity contribution in [3.63, 3.8) is 0 Å². The van der Waals surface area contributed by atoms with Crippen LogP contribution in [0.2, 0.25) is 0 Å². The van der Waals surface area contributed by atoms with Gasteiger partial charge in [0.15, 0.2) is 0 Å². The maximum Gasteiger partial charge on any atom is 0.221 e. The number of alkyl halides is 2. The van der Waals surface area contributed by atoms with E-state index in [2.05, 4.69) is 0 Å². The maximum atomic E-state index is 10.2. The van der Waals surface area contributed by atoms with Crippen LogP contribution < -0.4 is 5.73 Å². The highest BCUT2D eigenvalue weighted by Crippen LogP contribution is 2.54. The number of halogens is 2. The topological polar surface area (TPSA) is 43.1 Å². The quantitative estimate of drug-likeness (QED) is 0.609. The monoisotopic (exact) mass is 166 g/mol. The highest BCUT2D eigenvalue weighted by molar-refractivity contribution is 6.51. The van der Waals surface area contributed by atoms with Crippen molar-refractivity contribution >= 4 is 29.1 Å². The summed E-state index contributed by atoms with van der Waals surface area (Å²) in [7, 11) is 0. The van der Waals surface area contributed by atoms with Crippen LogP contribution in [0.3, 0.4) is 0 Å². The molecule has 0 saturated heterocycles. The fourth-order valence-corrected chi connectivity index (χ4v) is 1.07. The Morgan fingerprint density at radius 2 is 2.22 bits per heavy atom. The molecule has 0 bridgehead atoms. The maximum absolute atomic E-state index is 10.2. The van der Waals surface area contributed by atoms with E-state index < -0.39 is 10.2 Å². The lowest BCUT2D eigenvalue weighted by Gasteiger charge is -1.92. The van der Waals surface area contributed by atoms with Gasteiger partial charge in [0.05, 0.1) is 6.42 Å². The van der Waals surface area contributed by atoms with Gasteiger partial charge < -0.3 is 5.73 Å². The summed E-state index contributed by atoms with van der Waals surface area (Å²) in [6, 6.07) is 0. The molecule has 0 aliphatic heterocycles. The van der Waals surface area contributed by atoms with Crippen LogP contribution in [-0.4, -0.2) is 10.2 Å². The summed E-state index contributed by atoms with van der Waals surface area (Å²) >= 11 is 11.2. The van der Waals surface area contributed by atoms with Gasteiger partial charge in [-0.1, -0.05) is 0 Å². The van der Waals surface area contributed by atoms with E-state index in [4.69, 9.17) is 28.9 Å². The molecule has 2 nitrogen and oxygen atoms in total. The van der Waals surface area contributed by atoms with Gasteiger partial charge in [-0.3, -0.25) is 4.79 Å². The fourth-order valence-electron chi connectivity index (χ4n) is 0.613. The SMILES string of the molecule is NC(=O)[CH][C@H]1CC1(Cl)Cl. The minimum absolute atomic E-state index is 0.0293. The summed E-state index contributed by atoms with van der Waals surface area (Å²) in [6.45, 7) is 0. The molecule has 0 spiro atoms. The number of carbonyl (C=O) groups excluding carboxylic acids is 1. The van der Waals surface area contributed by atoms with Crippen molar-refractivity contribution < 1.29 is 4.79 Å². The van der Waals surface area contributed by atoms with Gasteiger partial charge in [-0.25, -0.2) is 0 Å². The largest absolute Gasteiger partial charge is 0.369 e. The van der Waals surface area contributed by atoms with Gasteiger partial charge in [0.25, 0.3) is 0 Å². The van der Waals surface area contributed by atoms with E-state index in [1.54, 1.807) is 0 Å². The molecule has 0 aromatic heterocycles. The Labute approximate surface area is 63.3 Å². The predicted octanol–water partition coefficient (Wildman–Crippen LogP) is 0.870. The molecule has 0 heterocycles. The lowest BCUT2D eigenvalue weighted by Crippen LogP contribution is -2.13. The molecule has 1 atom stereocenters. The average molecular weight is 167 g/mol. The van der Waals surface area contributed by atoms with Crippen LogP contribution in [0.25, 0.3) is 0 Å². The molecule has 1 rings (SSSR count). The third kappa shape index (κ3) is 1.73. The van der Waals surface area contributed by atoms with E-state index in [0.29, 0.717) is 6.42 Å². The Morgan fingerprint density at radius 3 is 2.33 bits per heavy atom. The van der Waals surface area contributed by atoms with Crippen LogP contribution in [0.5, 0.6) is 0 Å². The Hall–Kier alpha value is 0.0500. The first-order valence-corrected chi connectivity index (χ1v) is 3.30. The van der Waals surface area contributed by atoms with Crippen LogP contribution >= 0.6 is 23.2 Å². The number of rotatable bonds is 2. The molecule has 0 aromatic rings. The first kappa shape index (κ1) is 7.16. The van der Waals surface area contributed by atoms with Gasteiger partial charge in [0, 0.05) is 5.92 Å². The van der Waals surface area contributed by atoms with Crippen molar-refractivity contribution in [3.8, 4) is 0 Å². The highest BCUT2D eigenvalue weighted by atomic mass is 35.5. The van der Waals surface area contributed by atoms with Crippen LogP contribution in [-0.2, 0) is 4.79 Å². The molecular formula is C5H6Cl2NO. The molecule has 1 fully saturated rings. The molecule has 0 unspecified atom stereocenters. The Morgan fingerprint density at radius 1 is 1.78 bits per heavy atom. The van der Waals surface area contributed by atoms with E-state index in [-0.39, 0.29) is 5.92 Å². The summed E-state index contributed by atoms with van der Waals surface area (Å²) in [6.07, 6.45) is 1.99. The number of hydrogen-bond donors (Lipinski definition) is 1. The zero-order valence-corrected chi connectivity index (χ0v) is 6.12. The molecule has 1 amide bonds. The number of primary amides is 1. The van der Waals surface area contributed by atoms with Crippen LogP contribution in [0.1, 0.15) is 6.42 Å². The third-order valence-electron chi connectivity index (χ3n) is 1.24. The Bertz CT molecular complexity index is 146. The standard InChI is InChI=1S/C5H6Cl2NO/c6-5(7)2-3(5)1-4(8)9/h1,3H,2H2,(H2,8,9)/t3-/m0/s1. The Kier molecular flexibility index (Phi) is 1.61. The summed E-state index contributed by atoms with van der Waals surface area (Å²) in [4.78, 5) is 10.2. The lowest BCUT2D eigenvalue weighted by molar-refractivity contribution is -0.115. The fraction of sp³-hybridized carbons (Fsp3) is 0.600. The summed E-state index contributed by atoms with van der Waals surface area (Å²) < 4.78 is -0.713. The van der Waals surface area contributed by atoms with E-state index in [0.717, 1.165) is 0 Å². The molecule has 1 saturated carbocycles. The third-order valence-corrected chi connectivity index (χ3v) is 2.11. The number of nitrogens with two attached hydrogens (primary N) is 1. The summed E-state index contributed by atoms with van der Waals surface area (Å²) in [5, 5.41) is 0. The zero-order chi connectivity index (χ0) is 7.07. The minimum atomic E-state index is -0.713. The van der Waals surface area contributed by atoms with Crippen LogP contribution in [0, 0.1) is 12.3 Å². The van der Waals surface area contributed by atoms with Crippen LogP contribution in [0.4, 0.5) is 0 Å². The zero-order valence-electron chi connectivity index (χ0n) is 4.60. The van der Waals surface area contributed by atoms with Crippen molar-refractivity contribution in [1.82, 2.24) is 0 Å². The molecular weight excluding hydrogens is 161 g/mol. The van der Waals surface area contributed by atoms with Crippen LogP contribution in [0.15, 0.2) is 0 Å². The normalized spacial score (nSPS) is 29.8. The summed E-state index contributed by atoms with van der Waals surface area (Å²) in [5.41, 5.74) is 4.84. The lowest BCUT2D eigenvalue weighted by atomic mass is 10.3. The molecule has 4 heteroatoms. The first-order chi connectivity index (χ1) is 4.02. The number of amides is 1. The van der Waals surface area contributed by atoms with Crippen molar-refractivity contribution in [3.05, 3.63) is 6.42 Å². The molecule has 1 aliphatic rings. The summed E-state index contributed by atoms with van der Waals surface area (Å²) in [5.74, 6) is -0.485. The molecule has 51 valence electrons. The molecule has 9 heavy (non-hydrogen) atoms. The second kappa shape index (κ2) is 2.03. The predicted molar refractivity (Wildman–Crippen MR) is 36.0 cm³/mol. The van der Waals surface area contributed by atoms with Gasteiger partial charge in [0.1, 0.15) is 4.33 Å². The molecule has 2 N–H and O–H groups in total. The minimum Gasteiger partial charge on any atom is -0.369 e. The average Bonchev–Trinajstić information content (AvgIpc) is 2.10. The second-order valence-electron chi connectivity index (χ2n) is 2.14. The van der Waals surface area contributed by atoms with E-state index in [1.165, 1.54) is 6.42 Å². The molecule has 1 radical (unpaired) electrons. The van der Waals surface area contributed by atoms with Gasteiger partial charge in [-0.15, -0.1) is 23.2 Å². The Balaban J connectivity index is 2.28. The van der Waals surface area contributed by atoms with E-state index >= 15 is 0 Å². The van der Waals surface area contributed by atoms with E-state index in [9.17, 15) is 4.79 Å². The van der Waals surface area contributed by atoms with Gasteiger partial charge in [-0.2, -0.15) is 0 Å². The highest BCUT2D eigenvalue weighted by Gasteiger charge is 2.52.